The number of nitrogens with zero attached hydrogens (tertiary/aromatic N) is 2. The van der Waals surface area contributed by atoms with E-state index in [0.717, 1.165) is 0 Å². The number of hydrogen-bond donors (Lipinski definition) is 0. The van der Waals surface area contributed by atoms with E-state index in [4.69, 9.17) is 0 Å². The molecule has 2 nitrogen and oxygen atoms in total. The second-order valence-corrected chi connectivity index (χ2v) is 6.90. The molecule has 0 aromatic heterocycles. The van der Waals surface area contributed by atoms with Crippen molar-refractivity contribution in [3.63, 3.8) is 0 Å². The van der Waals surface area contributed by atoms with Gasteiger partial charge in [0.1, 0.15) is 6.17 Å². The van der Waals surface area contributed by atoms with Crippen LogP contribution in [0.5, 0.6) is 0 Å². The summed E-state index contributed by atoms with van der Waals surface area (Å²) in [5, 5.41) is 0. The summed E-state index contributed by atoms with van der Waals surface area (Å²) in [6, 6.07) is 19.9. The molecule has 3 rings (SSSR count). The standard InChI is InChI=1S/C20H23N2.Cm/c1-16-10-8-9-13-18(16)22-15-14-21(19(22)20(2,3)4)17-11-6-5-7-12-17;/h5-8,10-15,19H,1-4H3;/q-1;/t19-;/m0./s1. The Hall–Kier alpha value is -3.22. The van der Waals surface area contributed by atoms with Crippen LogP contribution in [0, 0.1) is 18.4 Å². The van der Waals surface area contributed by atoms with E-state index in [-0.39, 0.29) is 11.6 Å². The van der Waals surface area contributed by atoms with Crippen LogP contribution in [0.1, 0.15) is 26.3 Å². The monoisotopic (exact) mass is 534 g/mol. The summed E-state index contributed by atoms with van der Waals surface area (Å²) in [5.41, 5.74) is 3.81. The van der Waals surface area contributed by atoms with Gasteiger partial charge in [0, 0.05) is 23.5 Å². The first kappa shape index (κ1) is 16.2. The average molecular weight is 538 g/mol. The van der Waals surface area contributed by atoms with Crippen molar-refractivity contribution >= 4 is 11.4 Å². The molecule has 2 aromatic carbocycles. The minimum absolute atomic E-state index is 0. The molecule has 1 aliphatic heterocycles. The maximum atomic E-state index is 3.21. The fourth-order valence-corrected chi connectivity index (χ4v) is 3.09. The van der Waals surface area contributed by atoms with Gasteiger partial charge in [0.15, 0.2) is 0 Å². The van der Waals surface area contributed by atoms with Crippen LogP contribution < -0.4 is 9.80 Å². The van der Waals surface area contributed by atoms with E-state index in [1.807, 2.05) is 6.07 Å². The van der Waals surface area contributed by atoms with Crippen molar-refractivity contribution in [2.75, 3.05) is 9.80 Å². The molecule has 2 aromatic rings. The van der Waals surface area contributed by atoms with Crippen molar-refractivity contribution in [2.45, 2.75) is 33.9 Å². The van der Waals surface area contributed by atoms with Gasteiger partial charge < -0.3 is 9.80 Å². The Kier molecular flexibility index (Phi) is 4.13. The number of hydrogen-bond acceptors (Lipinski definition) is 2. The van der Waals surface area contributed by atoms with Crippen LogP contribution >= 0.6 is 0 Å². The van der Waals surface area contributed by atoms with Crippen molar-refractivity contribution in [3.8, 4) is 0 Å². The first-order valence-electron chi connectivity index (χ1n) is 7.75. The summed E-state index contributed by atoms with van der Waals surface area (Å²) in [6.07, 6.45) is 4.60. The Balaban J connectivity index is 0.00000192. The number of aryl methyl sites for hydroxylation is 1. The zero-order valence-electron chi connectivity index (χ0n) is 14.1. The van der Waals surface area contributed by atoms with E-state index in [1.165, 1.54) is 16.9 Å². The Morgan fingerprint density at radius 2 is 1.61 bits per heavy atom. The molecular formula is C20H23CmN2-. The molecule has 3 heteroatoms. The molecule has 0 bridgehead atoms. The van der Waals surface area contributed by atoms with E-state index in [9.17, 15) is 0 Å². The molecule has 0 radical (unpaired) electrons. The predicted molar refractivity (Wildman–Crippen MR) is 93.8 cm³/mol. The van der Waals surface area contributed by atoms with Crippen LogP contribution in [0.2, 0.25) is 0 Å². The summed E-state index contributed by atoms with van der Waals surface area (Å²) in [5.74, 6) is 0. The third-order valence-electron chi connectivity index (χ3n) is 4.08. The average Bonchev–Trinajstić information content (AvgIpc) is 2.93. The first-order chi connectivity index (χ1) is 10.5. The summed E-state index contributed by atoms with van der Waals surface area (Å²) >= 11 is 0. The summed E-state index contributed by atoms with van der Waals surface area (Å²) in [6.45, 7) is 9.02. The van der Waals surface area contributed by atoms with E-state index >= 15 is 0 Å². The molecule has 0 unspecified atom stereocenters. The minimum Gasteiger partial charge on any atom is -0.379 e. The fourth-order valence-electron chi connectivity index (χ4n) is 3.09. The molecule has 1 aliphatic rings. The number of anilines is 2. The molecule has 122 valence electrons. The molecule has 0 fully saturated rings. The van der Waals surface area contributed by atoms with Crippen LogP contribution in [0.25, 0.3) is 0 Å². The molecule has 23 heavy (non-hydrogen) atoms. The van der Waals surface area contributed by atoms with Gasteiger partial charge in [0.05, 0.1) is 0 Å². The quantitative estimate of drug-likeness (QED) is 0.499. The Morgan fingerprint density at radius 3 is 2.22 bits per heavy atom. The Morgan fingerprint density at radius 1 is 0.957 bits per heavy atom. The van der Waals surface area contributed by atoms with Gasteiger partial charge in [-0.05, 0) is 12.1 Å². The van der Waals surface area contributed by atoms with Gasteiger partial charge in [0.25, 0.3) is 0 Å². The Bertz CT molecular complexity index is 674. The largest absolute Gasteiger partial charge is 0.379 e. The third-order valence-corrected chi connectivity index (χ3v) is 4.08. The Labute approximate surface area is 133 Å². The van der Waals surface area contributed by atoms with E-state index in [1.54, 1.807) is 0 Å². The molecule has 0 N–H and O–H groups in total. The number of benzene rings is 2. The molecule has 0 saturated carbocycles. The van der Waals surface area contributed by atoms with Gasteiger partial charge in [-0.2, -0.15) is 24.3 Å². The molecule has 1 atom stereocenters. The molecule has 1 heterocycles. The molecule has 0 amide bonds. The zero-order valence-corrected chi connectivity index (χ0v) is 17.0. The zero-order chi connectivity index (χ0) is 15.7. The smallest absolute Gasteiger partial charge is 0.104 e. The van der Waals surface area contributed by atoms with Gasteiger partial charge in [-0.3, -0.25) is 0 Å². The van der Waals surface area contributed by atoms with E-state index in [2.05, 4.69) is 98.4 Å². The predicted octanol–water partition coefficient (Wildman–Crippen LogP) is 4.97. The van der Waals surface area contributed by atoms with Crippen LogP contribution in [0.3, 0.4) is 0 Å². The maximum Gasteiger partial charge on any atom is 0.104 e. The molecular weight excluding hydrogens is 515 g/mol. The van der Waals surface area contributed by atoms with Gasteiger partial charge in [-0.25, -0.2) is 0 Å². The maximum absolute atomic E-state index is 3.21. The third kappa shape index (κ3) is 2.89. The van der Waals surface area contributed by atoms with Gasteiger partial charge in [-0.1, -0.05) is 51.6 Å². The number of para-hydroxylation sites is 1. The van der Waals surface area contributed by atoms with Crippen molar-refractivity contribution < 1.29 is 0 Å². The fraction of sp³-hybridized carbons (Fsp3) is 0.300. The second kappa shape index (κ2) is 5.88. The topological polar surface area (TPSA) is 6.48 Å². The SMILES string of the molecule is Cc1cc[c-]cc1N1C=CN(c2ccccc2)[C@@H]1C(C)(C)C.[Cm]. The normalized spacial score (nSPS) is 17.3. The molecule has 0 spiro atoms. The van der Waals surface area contributed by atoms with Crippen LogP contribution in [0.4, 0.5) is 11.4 Å². The van der Waals surface area contributed by atoms with Crippen LogP contribution in [-0.2, 0) is 0 Å². The van der Waals surface area contributed by atoms with Crippen molar-refractivity contribution in [1.29, 1.82) is 0 Å². The first-order valence-corrected chi connectivity index (χ1v) is 7.75. The van der Waals surface area contributed by atoms with Gasteiger partial charge >= 0.3 is 0 Å². The molecule has 0 saturated heterocycles. The summed E-state index contributed by atoms with van der Waals surface area (Å²) in [7, 11) is 0. The minimum atomic E-state index is 0. The second-order valence-electron chi connectivity index (χ2n) is 6.90. The van der Waals surface area contributed by atoms with Crippen molar-refractivity contribution in [3.05, 3.63) is 72.6 Å². The molecule has 0 aliphatic carbocycles. The van der Waals surface area contributed by atoms with Crippen LogP contribution in [0.15, 0.2) is 60.9 Å². The van der Waals surface area contributed by atoms with Gasteiger partial charge in [0.2, 0.25) is 0 Å². The van der Waals surface area contributed by atoms with E-state index in [0.29, 0.717) is 0 Å². The van der Waals surface area contributed by atoms with Crippen molar-refractivity contribution in [1.82, 2.24) is 0 Å². The summed E-state index contributed by atoms with van der Waals surface area (Å²) < 4.78 is 0. The van der Waals surface area contributed by atoms with Crippen molar-refractivity contribution in [2.24, 2.45) is 5.41 Å². The summed E-state index contributed by atoms with van der Waals surface area (Å²) in [4.78, 5) is 4.71. The number of rotatable bonds is 2. The van der Waals surface area contributed by atoms with Crippen LogP contribution in [-0.4, -0.2) is 6.17 Å². The van der Waals surface area contributed by atoms with Gasteiger partial charge in [-0.15, -0.1) is 5.56 Å². The van der Waals surface area contributed by atoms with E-state index < -0.39 is 0 Å².